The second-order valence-electron chi connectivity index (χ2n) is 8.63. The normalized spacial score (nSPS) is 22.2. The number of ether oxygens (including phenoxy) is 1. The Hall–Kier alpha value is -2.13. The molecule has 3 heteroatoms. The molecule has 0 spiro atoms. The van der Waals surface area contributed by atoms with E-state index < -0.39 is 0 Å². The number of carbonyl (C=O) groups excluding carboxylic acids is 1. The molecule has 138 valence electrons. The lowest BCUT2D eigenvalue weighted by Gasteiger charge is -2.45. The number of benzene rings is 1. The van der Waals surface area contributed by atoms with Gasteiger partial charge in [-0.05, 0) is 45.4 Å². The van der Waals surface area contributed by atoms with Crippen LogP contribution in [0.3, 0.4) is 0 Å². The van der Waals surface area contributed by atoms with Gasteiger partial charge in [-0.15, -0.1) is 0 Å². The second kappa shape index (κ2) is 7.24. The molecule has 3 nitrogen and oxygen atoms in total. The molecule has 0 amide bonds. The van der Waals surface area contributed by atoms with Crippen molar-refractivity contribution in [1.29, 1.82) is 0 Å². The molecular weight excluding hydrogens is 322 g/mol. The Labute approximate surface area is 156 Å². The minimum Gasteiger partial charge on any atom is -0.459 e. The van der Waals surface area contributed by atoms with Gasteiger partial charge in [-0.2, -0.15) is 0 Å². The number of nitrogens with one attached hydrogen (secondary N) is 1. The molecule has 0 saturated carbocycles. The lowest BCUT2D eigenvalue weighted by molar-refractivity contribution is -0.00637. The molecule has 0 radical (unpaired) electrons. The van der Waals surface area contributed by atoms with Crippen molar-refractivity contribution in [1.82, 2.24) is 5.32 Å². The molecule has 0 bridgehead atoms. The highest BCUT2D eigenvalue weighted by Gasteiger charge is 2.39. The van der Waals surface area contributed by atoms with Gasteiger partial charge in [0.2, 0.25) is 0 Å². The molecule has 1 N–H and O–H groups in total. The van der Waals surface area contributed by atoms with E-state index in [-0.39, 0.29) is 29.1 Å². The van der Waals surface area contributed by atoms with E-state index in [0.717, 1.165) is 12.8 Å². The fourth-order valence-electron chi connectivity index (χ4n) is 4.16. The molecule has 1 aromatic carbocycles. The van der Waals surface area contributed by atoms with Gasteiger partial charge in [0.15, 0.2) is 0 Å². The van der Waals surface area contributed by atoms with Crippen LogP contribution in [-0.4, -0.2) is 23.2 Å². The summed E-state index contributed by atoms with van der Waals surface area (Å²) in [7, 11) is 0. The maximum Gasteiger partial charge on any atom is 0.338 e. The van der Waals surface area contributed by atoms with E-state index in [0.29, 0.717) is 5.56 Å². The Balaban J connectivity index is 1.67. The molecule has 0 unspecified atom stereocenters. The maximum absolute atomic E-state index is 12.6. The van der Waals surface area contributed by atoms with Crippen LogP contribution in [0.1, 0.15) is 62.4 Å². The fourth-order valence-corrected chi connectivity index (χ4v) is 4.16. The number of rotatable bonds is 3. The summed E-state index contributed by atoms with van der Waals surface area (Å²) < 4.78 is 5.84. The van der Waals surface area contributed by atoms with E-state index >= 15 is 0 Å². The summed E-state index contributed by atoms with van der Waals surface area (Å²) in [6, 6.07) is 7.76. The predicted octanol–water partition coefficient (Wildman–Crippen LogP) is 4.92. The number of allylic oxidation sites excluding steroid dienone is 6. The second-order valence-corrected chi connectivity index (χ2v) is 8.63. The zero-order chi connectivity index (χ0) is 18.8. The van der Waals surface area contributed by atoms with Crippen molar-refractivity contribution in [2.75, 3.05) is 0 Å². The Morgan fingerprint density at radius 3 is 2.00 bits per heavy atom. The quantitative estimate of drug-likeness (QED) is 0.786. The van der Waals surface area contributed by atoms with Gasteiger partial charge in [0.25, 0.3) is 0 Å². The van der Waals surface area contributed by atoms with Crippen LogP contribution in [0, 0.1) is 0 Å². The van der Waals surface area contributed by atoms with Crippen LogP contribution in [0.5, 0.6) is 0 Å². The van der Waals surface area contributed by atoms with Gasteiger partial charge >= 0.3 is 5.97 Å². The smallest absolute Gasteiger partial charge is 0.338 e. The van der Waals surface area contributed by atoms with Gasteiger partial charge in [0.05, 0.1) is 5.56 Å². The molecule has 26 heavy (non-hydrogen) atoms. The molecule has 1 fully saturated rings. The van der Waals surface area contributed by atoms with Crippen LogP contribution in [0.15, 0.2) is 60.7 Å². The van der Waals surface area contributed by atoms with Crippen molar-refractivity contribution in [3.05, 3.63) is 71.8 Å². The van der Waals surface area contributed by atoms with Crippen molar-refractivity contribution in [2.24, 2.45) is 0 Å². The minimum atomic E-state index is -0.233. The average molecular weight is 351 g/mol. The largest absolute Gasteiger partial charge is 0.459 e. The molecule has 1 aromatic rings. The summed E-state index contributed by atoms with van der Waals surface area (Å²) >= 11 is 0. The Morgan fingerprint density at radius 2 is 1.46 bits per heavy atom. The highest BCUT2D eigenvalue weighted by molar-refractivity contribution is 5.89. The van der Waals surface area contributed by atoms with Crippen LogP contribution in [0.4, 0.5) is 0 Å². The van der Waals surface area contributed by atoms with Gasteiger partial charge in [0, 0.05) is 29.8 Å². The van der Waals surface area contributed by atoms with Crippen molar-refractivity contribution in [3.63, 3.8) is 0 Å². The number of esters is 1. The van der Waals surface area contributed by atoms with Crippen molar-refractivity contribution >= 4 is 5.97 Å². The maximum atomic E-state index is 12.6. The zero-order valence-corrected chi connectivity index (χ0v) is 16.2. The average Bonchev–Trinajstić information content (AvgIpc) is 2.81. The van der Waals surface area contributed by atoms with E-state index in [4.69, 9.17) is 4.74 Å². The predicted molar refractivity (Wildman–Crippen MR) is 106 cm³/mol. The number of hydrogen-bond acceptors (Lipinski definition) is 3. The molecule has 1 aliphatic carbocycles. The molecule has 1 heterocycles. The first-order valence-corrected chi connectivity index (χ1v) is 9.36. The summed E-state index contributed by atoms with van der Waals surface area (Å²) in [6.45, 7) is 8.64. The first-order chi connectivity index (χ1) is 12.2. The van der Waals surface area contributed by atoms with Crippen molar-refractivity contribution < 1.29 is 9.53 Å². The number of carbonyl (C=O) groups is 1. The third kappa shape index (κ3) is 4.73. The molecule has 1 saturated heterocycles. The van der Waals surface area contributed by atoms with Crippen molar-refractivity contribution in [2.45, 2.75) is 63.6 Å². The number of piperidine rings is 1. The first-order valence-electron chi connectivity index (χ1n) is 9.36. The SMILES string of the molecule is CC1(C)CC(OC(=O)c2ccc(C3C=CC=CC=C3)cc2)CC(C)(C)N1. The summed E-state index contributed by atoms with van der Waals surface area (Å²) in [5, 5.41) is 3.61. The molecular formula is C23H29NO2. The van der Waals surface area contributed by atoms with E-state index in [1.165, 1.54) is 5.56 Å². The topological polar surface area (TPSA) is 38.3 Å². The minimum absolute atomic E-state index is 0.0389. The van der Waals surface area contributed by atoms with Gasteiger partial charge in [-0.3, -0.25) is 0 Å². The molecule has 0 atom stereocenters. The zero-order valence-electron chi connectivity index (χ0n) is 16.2. The van der Waals surface area contributed by atoms with Crippen LogP contribution in [0.25, 0.3) is 0 Å². The van der Waals surface area contributed by atoms with Gasteiger partial charge < -0.3 is 10.1 Å². The summed E-state index contributed by atoms with van der Waals surface area (Å²) in [5.74, 6) is 0.00440. The lowest BCUT2D eigenvalue weighted by Crippen LogP contribution is -2.59. The van der Waals surface area contributed by atoms with E-state index in [1.807, 2.05) is 48.6 Å². The van der Waals surface area contributed by atoms with E-state index in [2.05, 4.69) is 45.2 Å². The van der Waals surface area contributed by atoms with Crippen LogP contribution >= 0.6 is 0 Å². The standard InChI is InChI=1S/C23H29NO2/c1-22(2)15-20(16-23(3,4)24-22)26-21(25)19-13-11-18(12-14-19)17-9-7-5-6-8-10-17/h5-14,17,20,24H,15-16H2,1-4H3. The Morgan fingerprint density at radius 1 is 0.923 bits per heavy atom. The summed E-state index contributed by atoms with van der Waals surface area (Å²) in [5.41, 5.74) is 1.70. The van der Waals surface area contributed by atoms with Crippen LogP contribution in [0.2, 0.25) is 0 Å². The van der Waals surface area contributed by atoms with Crippen molar-refractivity contribution in [3.8, 4) is 0 Å². The molecule has 3 rings (SSSR count). The summed E-state index contributed by atoms with van der Waals surface area (Å²) in [4.78, 5) is 12.6. The van der Waals surface area contributed by atoms with Crippen LogP contribution < -0.4 is 5.32 Å². The summed E-state index contributed by atoms with van der Waals surface area (Å²) in [6.07, 6.45) is 14.0. The van der Waals surface area contributed by atoms with Crippen LogP contribution in [-0.2, 0) is 4.74 Å². The first kappa shape index (κ1) is 18.7. The monoisotopic (exact) mass is 351 g/mol. The van der Waals surface area contributed by atoms with Gasteiger partial charge in [0.1, 0.15) is 6.10 Å². The van der Waals surface area contributed by atoms with Gasteiger partial charge in [-0.1, -0.05) is 48.6 Å². The number of hydrogen-bond donors (Lipinski definition) is 1. The highest BCUT2D eigenvalue weighted by atomic mass is 16.5. The third-order valence-electron chi connectivity index (χ3n) is 4.93. The Bertz CT molecular complexity index is 706. The third-order valence-corrected chi connectivity index (χ3v) is 4.93. The van der Waals surface area contributed by atoms with Gasteiger partial charge in [-0.25, -0.2) is 4.79 Å². The lowest BCUT2D eigenvalue weighted by atomic mass is 9.81. The van der Waals surface area contributed by atoms with E-state index in [1.54, 1.807) is 0 Å². The van der Waals surface area contributed by atoms with E-state index in [9.17, 15) is 4.79 Å². The Kier molecular flexibility index (Phi) is 5.19. The highest BCUT2D eigenvalue weighted by Crippen LogP contribution is 2.31. The molecule has 2 aliphatic rings. The fraction of sp³-hybridized carbons (Fsp3) is 0.435. The molecule has 0 aromatic heterocycles. The molecule has 1 aliphatic heterocycles.